The third-order valence-corrected chi connectivity index (χ3v) is 2.51. The summed E-state index contributed by atoms with van der Waals surface area (Å²) in [7, 11) is 0. The van der Waals surface area contributed by atoms with Crippen molar-refractivity contribution in [1.29, 1.82) is 5.26 Å². The first kappa shape index (κ1) is 14.2. The number of nitriles is 1. The first-order valence-electron chi connectivity index (χ1n) is 5.98. The largest absolute Gasteiger partial charge is 0.253 e. The number of hydrogen-bond acceptors (Lipinski definition) is 4. The predicted molar refractivity (Wildman–Crippen MR) is 62.3 cm³/mol. The van der Waals surface area contributed by atoms with Crippen LogP contribution in [0.1, 0.15) is 58.3 Å². The molecule has 0 aromatic heterocycles. The monoisotopic (exact) mass is 212 g/mol. The number of hydrazine groups is 2. The molecule has 15 heavy (non-hydrogen) atoms. The normalized spacial score (nSPS) is 9.93. The smallest absolute Gasteiger partial charge is 0.196 e. The van der Waals surface area contributed by atoms with Gasteiger partial charge in [0.05, 0.1) is 0 Å². The Labute approximate surface area is 93.4 Å². The molecule has 0 rings (SSSR count). The van der Waals surface area contributed by atoms with E-state index in [-0.39, 0.29) is 0 Å². The van der Waals surface area contributed by atoms with Gasteiger partial charge in [0.1, 0.15) is 0 Å². The van der Waals surface area contributed by atoms with Crippen LogP contribution >= 0.6 is 0 Å². The Hall–Kier alpha value is -0.790. The minimum atomic E-state index is 0.710. The van der Waals surface area contributed by atoms with Crippen molar-refractivity contribution in [1.82, 2.24) is 10.5 Å². The maximum atomic E-state index is 8.56. The van der Waals surface area contributed by atoms with Crippen LogP contribution < -0.4 is 11.4 Å². The molecule has 3 N–H and O–H groups in total. The molecule has 0 fully saturated rings. The van der Waals surface area contributed by atoms with Crippen molar-refractivity contribution in [2.75, 3.05) is 6.54 Å². The van der Waals surface area contributed by atoms with Gasteiger partial charge in [-0.15, -0.1) is 0 Å². The van der Waals surface area contributed by atoms with Gasteiger partial charge in [0.2, 0.25) is 0 Å². The Morgan fingerprint density at radius 1 is 1.07 bits per heavy atom. The molecule has 0 spiro atoms. The second-order valence-electron chi connectivity index (χ2n) is 3.86. The zero-order chi connectivity index (χ0) is 11.4. The lowest BCUT2D eigenvalue weighted by atomic mass is 10.1. The van der Waals surface area contributed by atoms with Crippen molar-refractivity contribution in [2.24, 2.45) is 5.84 Å². The summed E-state index contributed by atoms with van der Waals surface area (Å²) in [5, 5.41) is 9.92. The van der Waals surface area contributed by atoms with Gasteiger partial charge in [0.15, 0.2) is 6.19 Å². The van der Waals surface area contributed by atoms with Crippen molar-refractivity contribution in [2.45, 2.75) is 58.3 Å². The van der Waals surface area contributed by atoms with Crippen molar-refractivity contribution in [3.05, 3.63) is 0 Å². The van der Waals surface area contributed by atoms with Crippen LogP contribution in [0.15, 0.2) is 0 Å². The lowest BCUT2D eigenvalue weighted by molar-refractivity contribution is 0.281. The third-order valence-electron chi connectivity index (χ3n) is 2.51. The van der Waals surface area contributed by atoms with Crippen molar-refractivity contribution in [3.63, 3.8) is 0 Å². The fourth-order valence-electron chi connectivity index (χ4n) is 1.55. The number of nitrogens with zero attached hydrogens (tertiary/aromatic N) is 2. The van der Waals surface area contributed by atoms with Crippen LogP contribution in [0.3, 0.4) is 0 Å². The topological polar surface area (TPSA) is 65.1 Å². The summed E-state index contributed by atoms with van der Waals surface area (Å²) in [6, 6.07) is 0. The zero-order valence-electron chi connectivity index (χ0n) is 9.84. The highest BCUT2D eigenvalue weighted by Crippen LogP contribution is 2.08. The maximum Gasteiger partial charge on any atom is 0.196 e. The van der Waals surface area contributed by atoms with Gasteiger partial charge in [-0.05, 0) is 6.42 Å². The molecule has 0 unspecified atom stereocenters. The van der Waals surface area contributed by atoms with Gasteiger partial charge < -0.3 is 0 Å². The van der Waals surface area contributed by atoms with Crippen LogP contribution in [0, 0.1) is 11.5 Å². The van der Waals surface area contributed by atoms with Gasteiger partial charge in [-0.2, -0.15) is 10.8 Å². The molecule has 0 heterocycles. The summed E-state index contributed by atoms with van der Waals surface area (Å²) in [5.41, 5.74) is 2.34. The molecule has 0 aliphatic carbocycles. The van der Waals surface area contributed by atoms with E-state index in [9.17, 15) is 0 Å². The van der Waals surface area contributed by atoms with Crippen molar-refractivity contribution >= 4 is 0 Å². The van der Waals surface area contributed by atoms with Gasteiger partial charge >= 0.3 is 0 Å². The molecule has 0 aromatic rings. The SMILES string of the molecule is CCCCCCCCCCN(C#N)NN. The van der Waals surface area contributed by atoms with E-state index in [2.05, 4.69) is 12.5 Å². The molecular formula is C11H24N4. The summed E-state index contributed by atoms with van der Waals surface area (Å²) < 4.78 is 0. The Morgan fingerprint density at radius 2 is 1.60 bits per heavy atom. The van der Waals surface area contributed by atoms with Gasteiger partial charge in [-0.1, -0.05) is 51.9 Å². The lowest BCUT2D eigenvalue weighted by Crippen LogP contribution is -2.39. The van der Waals surface area contributed by atoms with Crippen LogP contribution in [-0.2, 0) is 0 Å². The molecule has 0 aliphatic heterocycles. The Morgan fingerprint density at radius 3 is 2.07 bits per heavy atom. The molecule has 0 aliphatic rings. The number of nitrogens with one attached hydrogen (secondary N) is 1. The van der Waals surface area contributed by atoms with E-state index in [1.54, 1.807) is 0 Å². The summed E-state index contributed by atoms with van der Waals surface area (Å²) in [5.74, 6) is 5.13. The average Bonchev–Trinajstić information content (AvgIpc) is 2.27. The van der Waals surface area contributed by atoms with Gasteiger partial charge in [0, 0.05) is 6.54 Å². The van der Waals surface area contributed by atoms with E-state index in [1.165, 1.54) is 50.0 Å². The molecule has 4 heteroatoms. The van der Waals surface area contributed by atoms with Crippen LogP contribution in [0.25, 0.3) is 0 Å². The second-order valence-corrected chi connectivity index (χ2v) is 3.86. The second kappa shape index (κ2) is 11.3. The standard InChI is InChI=1S/C11H24N4/c1-2-3-4-5-6-7-8-9-10-15(11-12)14-13/h14H,2-10,13H2,1H3. The molecule has 0 saturated carbocycles. The van der Waals surface area contributed by atoms with Crippen LogP contribution in [0.5, 0.6) is 0 Å². The molecule has 0 amide bonds. The van der Waals surface area contributed by atoms with Crippen LogP contribution in [0.4, 0.5) is 0 Å². The fraction of sp³-hybridized carbons (Fsp3) is 0.909. The van der Waals surface area contributed by atoms with E-state index in [4.69, 9.17) is 11.1 Å². The molecule has 0 atom stereocenters. The average molecular weight is 212 g/mol. The molecule has 88 valence electrons. The highest BCUT2D eigenvalue weighted by molar-refractivity contribution is 4.66. The summed E-state index contributed by atoms with van der Waals surface area (Å²) in [4.78, 5) is 0. The van der Waals surface area contributed by atoms with Crippen LogP contribution in [-0.4, -0.2) is 11.6 Å². The summed E-state index contributed by atoms with van der Waals surface area (Å²) in [6.45, 7) is 2.94. The number of hydrogen-bond donors (Lipinski definition) is 2. The highest BCUT2D eigenvalue weighted by atomic mass is 15.6. The lowest BCUT2D eigenvalue weighted by Gasteiger charge is -2.12. The van der Waals surface area contributed by atoms with E-state index in [0.29, 0.717) is 6.54 Å². The predicted octanol–water partition coefficient (Wildman–Crippen LogP) is 2.29. The third kappa shape index (κ3) is 9.51. The highest BCUT2D eigenvalue weighted by Gasteiger charge is 1.97. The van der Waals surface area contributed by atoms with Gasteiger partial charge in [0.25, 0.3) is 0 Å². The number of nitrogens with two attached hydrogens (primary N) is 1. The quantitative estimate of drug-likeness (QED) is 0.192. The molecular weight excluding hydrogens is 188 g/mol. The molecule has 0 aromatic carbocycles. The van der Waals surface area contributed by atoms with Crippen molar-refractivity contribution < 1.29 is 0 Å². The number of rotatable bonds is 10. The summed E-state index contributed by atoms with van der Waals surface area (Å²) in [6.07, 6.45) is 12.2. The first-order valence-corrected chi connectivity index (χ1v) is 5.98. The summed E-state index contributed by atoms with van der Waals surface area (Å²) >= 11 is 0. The van der Waals surface area contributed by atoms with Gasteiger partial charge in [-0.25, -0.2) is 5.01 Å². The first-order chi connectivity index (χ1) is 7.35. The minimum absolute atomic E-state index is 0.710. The zero-order valence-corrected chi connectivity index (χ0v) is 9.84. The fourth-order valence-corrected chi connectivity index (χ4v) is 1.55. The van der Waals surface area contributed by atoms with E-state index < -0.39 is 0 Å². The van der Waals surface area contributed by atoms with E-state index in [1.807, 2.05) is 6.19 Å². The molecule has 0 saturated heterocycles. The van der Waals surface area contributed by atoms with E-state index in [0.717, 1.165) is 6.42 Å². The molecule has 0 bridgehead atoms. The van der Waals surface area contributed by atoms with Gasteiger partial charge in [-0.3, -0.25) is 5.84 Å². The molecule has 4 nitrogen and oxygen atoms in total. The Kier molecular flexibility index (Phi) is 10.7. The van der Waals surface area contributed by atoms with E-state index >= 15 is 0 Å². The minimum Gasteiger partial charge on any atom is -0.253 e. The van der Waals surface area contributed by atoms with Crippen LogP contribution in [0.2, 0.25) is 0 Å². The number of unbranched alkanes of at least 4 members (excludes halogenated alkanes) is 7. The maximum absolute atomic E-state index is 8.56. The Balaban J connectivity index is 3.08. The van der Waals surface area contributed by atoms with Crippen molar-refractivity contribution in [3.8, 4) is 6.19 Å². The Bertz CT molecular complexity index is 164. The molecule has 0 radical (unpaired) electrons.